The maximum Gasteiger partial charge on any atom is 0.391 e. The fraction of sp³-hybridized carbons (Fsp3) is 0.423. The number of allylic oxidation sites excluding steroid dienone is 1. The average molecular weight is 490 g/mol. The Morgan fingerprint density at radius 3 is 2.51 bits per heavy atom. The van der Waals surface area contributed by atoms with Gasteiger partial charge in [-0.3, -0.25) is 9.59 Å². The lowest BCUT2D eigenvalue weighted by Crippen LogP contribution is -2.27. The van der Waals surface area contributed by atoms with E-state index in [0.29, 0.717) is 24.2 Å². The van der Waals surface area contributed by atoms with Gasteiger partial charge in [-0.15, -0.1) is 0 Å². The van der Waals surface area contributed by atoms with Crippen molar-refractivity contribution in [1.29, 1.82) is 0 Å². The molecule has 6 nitrogen and oxygen atoms in total. The topological polar surface area (TPSA) is 80.3 Å². The quantitative estimate of drug-likeness (QED) is 0.564. The molecule has 188 valence electrons. The van der Waals surface area contributed by atoms with Crippen LogP contribution in [0, 0.1) is 11.8 Å². The molecule has 1 aromatic heterocycles. The van der Waals surface area contributed by atoms with Crippen LogP contribution in [0.4, 0.5) is 13.2 Å². The molecule has 0 bridgehead atoms. The summed E-state index contributed by atoms with van der Waals surface area (Å²) in [7, 11) is 3.07. The lowest BCUT2D eigenvalue weighted by Gasteiger charge is -2.28. The van der Waals surface area contributed by atoms with Crippen molar-refractivity contribution in [3.05, 3.63) is 65.0 Å². The average Bonchev–Trinajstić information content (AvgIpc) is 2.85. The number of carbonyl (C=O) groups excluding carboxylic acids is 2. The number of pyridine rings is 1. The molecule has 0 unspecified atom stereocenters. The number of ether oxygens (including phenoxy) is 1. The Labute approximate surface area is 203 Å². The zero-order valence-electron chi connectivity index (χ0n) is 19.8. The summed E-state index contributed by atoms with van der Waals surface area (Å²) in [6, 6.07) is 9.00. The summed E-state index contributed by atoms with van der Waals surface area (Å²) < 4.78 is 44.0. The van der Waals surface area contributed by atoms with Crippen molar-refractivity contribution in [2.24, 2.45) is 11.8 Å². The largest absolute Gasteiger partial charge is 0.495 e. The summed E-state index contributed by atoms with van der Waals surface area (Å²) in [5, 5.41) is 5.41. The third kappa shape index (κ3) is 7.56. The maximum atomic E-state index is 12.9. The summed E-state index contributed by atoms with van der Waals surface area (Å²) in [6.07, 6.45) is 2.47. The number of alkyl halides is 3. The lowest BCUT2D eigenvalue weighted by molar-refractivity contribution is -0.183. The van der Waals surface area contributed by atoms with Crippen molar-refractivity contribution in [2.45, 2.75) is 44.8 Å². The molecule has 1 aliphatic carbocycles. The van der Waals surface area contributed by atoms with Gasteiger partial charge < -0.3 is 15.4 Å². The number of halogens is 3. The highest BCUT2D eigenvalue weighted by atomic mass is 19.4. The van der Waals surface area contributed by atoms with E-state index in [0.717, 1.165) is 11.1 Å². The van der Waals surface area contributed by atoms with Crippen LogP contribution >= 0.6 is 0 Å². The van der Waals surface area contributed by atoms with E-state index in [9.17, 15) is 22.8 Å². The van der Waals surface area contributed by atoms with Crippen molar-refractivity contribution in [3.8, 4) is 5.75 Å². The van der Waals surface area contributed by atoms with Gasteiger partial charge in [-0.05, 0) is 48.8 Å². The van der Waals surface area contributed by atoms with Crippen LogP contribution in [-0.4, -0.2) is 37.1 Å². The minimum atomic E-state index is -4.13. The SMILES string of the molecule is CNC(=O)Cc1cccc(CNC(=O)c2cc(/C=C/C3CCC(C(F)(F)F)CC3)c(OC)cn2)c1. The first-order valence-electron chi connectivity index (χ1n) is 11.5. The molecule has 0 spiro atoms. The monoisotopic (exact) mass is 489 g/mol. The second kappa shape index (κ2) is 11.9. The third-order valence-electron chi connectivity index (χ3n) is 6.22. The summed E-state index contributed by atoms with van der Waals surface area (Å²) >= 11 is 0. The van der Waals surface area contributed by atoms with Crippen molar-refractivity contribution >= 4 is 17.9 Å². The molecule has 2 N–H and O–H groups in total. The Hall–Kier alpha value is -3.36. The molecule has 2 aromatic rings. The highest BCUT2D eigenvalue weighted by molar-refractivity contribution is 5.93. The van der Waals surface area contributed by atoms with Gasteiger partial charge in [0.15, 0.2) is 0 Å². The minimum Gasteiger partial charge on any atom is -0.495 e. The molecule has 1 fully saturated rings. The van der Waals surface area contributed by atoms with Crippen LogP contribution in [0.3, 0.4) is 0 Å². The number of methoxy groups -OCH3 is 1. The second-order valence-corrected chi connectivity index (χ2v) is 8.68. The van der Waals surface area contributed by atoms with Gasteiger partial charge in [-0.1, -0.05) is 36.4 Å². The van der Waals surface area contributed by atoms with Gasteiger partial charge in [0, 0.05) is 19.2 Å². The fourth-order valence-corrected chi connectivity index (χ4v) is 4.16. The zero-order valence-corrected chi connectivity index (χ0v) is 19.8. The standard InChI is InChI=1S/C26H30F3N3O3/c1-30-24(33)13-18-4-3-5-19(12-18)15-32-25(34)22-14-20(23(35-2)16-31-22)9-6-17-7-10-21(11-8-17)26(27,28)29/h3-6,9,12,14,16-17,21H,7-8,10-11,13,15H2,1-2H3,(H,30,33)(H,32,34)/b9-6+. The minimum absolute atomic E-state index is 0.0471. The number of amides is 2. The van der Waals surface area contributed by atoms with Gasteiger partial charge in [-0.25, -0.2) is 4.98 Å². The van der Waals surface area contributed by atoms with Crippen LogP contribution < -0.4 is 15.4 Å². The predicted molar refractivity (Wildman–Crippen MR) is 127 cm³/mol. The van der Waals surface area contributed by atoms with Gasteiger partial charge in [-0.2, -0.15) is 13.2 Å². The normalized spacial score (nSPS) is 18.3. The van der Waals surface area contributed by atoms with Gasteiger partial charge in [0.25, 0.3) is 5.91 Å². The predicted octanol–water partition coefficient (Wildman–Crippen LogP) is 4.69. The Kier molecular flexibility index (Phi) is 8.89. The molecule has 0 saturated heterocycles. The molecule has 0 radical (unpaired) electrons. The Balaban J connectivity index is 1.63. The number of aromatic nitrogens is 1. The maximum absolute atomic E-state index is 12.9. The molecule has 0 aliphatic heterocycles. The smallest absolute Gasteiger partial charge is 0.391 e. The van der Waals surface area contributed by atoms with Gasteiger partial charge in [0.05, 0.1) is 25.6 Å². The van der Waals surface area contributed by atoms with Gasteiger partial charge in [0.2, 0.25) is 5.91 Å². The van der Waals surface area contributed by atoms with Crippen LogP contribution in [0.5, 0.6) is 5.75 Å². The molecule has 1 aliphatic rings. The molecule has 0 atom stereocenters. The van der Waals surface area contributed by atoms with E-state index in [1.807, 2.05) is 30.3 Å². The first-order valence-corrected chi connectivity index (χ1v) is 11.5. The van der Waals surface area contributed by atoms with Crippen molar-refractivity contribution < 1.29 is 27.5 Å². The number of hydrogen-bond acceptors (Lipinski definition) is 4. The number of likely N-dealkylation sites (N-methyl/N-ethyl adjacent to an activating group) is 1. The van der Waals surface area contributed by atoms with Gasteiger partial charge >= 0.3 is 6.18 Å². The van der Waals surface area contributed by atoms with Crippen molar-refractivity contribution in [1.82, 2.24) is 15.6 Å². The molecule has 1 saturated carbocycles. The van der Waals surface area contributed by atoms with E-state index < -0.39 is 12.1 Å². The number of benzene rings is 1. The summed E-state index contributed by atoms with van der Waals surface area (Å²) in [5.74, 6) is -1.16. The first kappa shape index (κ1) is 26.2. The van der Waals surface area contributed by atoms with E-state index in [1.165, 1.54) is 13.3 Å². The third-order valence-corrected chi connectivity index (χ3v) is 6.22. The summed E-state index contributed by atoms with van der Waals surface area (Å²) in [5.41, 5.74) is 2.53. The second-order valence-electron chi connectivity index (χ2n) is 8.68. The molecule has 2 amide bonds. The Morgan fingerprint density at radius 2 is 1.86 bits per heavy atom. The molecular formula is C26H30F3N3O3. The summed E-state index contributed by atoms with van der Waals surface area (Å²) in [6.45, 7) is 0.266. The van der Waals surface area contributed by atoms with E-state index in [4.69, 9.17) is 4.74 Å². The molecule has 1 heterocycles. The molecule has 1 aromatic carbocycles. The van der Waals surface area contributed by atoms with Gasteiger partial charge in [0.1, 0.15) is 11.4 Å². The van der Waals surface area contributed by atoms with E-state index in [2.05, 4.69) is 15.6 Å². The summed E-state index contributed by atoms with van der Waals surface area (Å²) in [4.78, 5) is 28.5. The molecule has 35 heavy (non-hydrogen) atoms. The number of nitrogens with one attached hydrogen (secondary N) is 2. The fourth-order valence-electron chi connectivity index (χ4n) is 4.16. The van der Waals surface area contributed by atoms with E-state index in [1.54, 1.807) is 19.2 Å². The van der Waals surface area contributed by atoms with Crippen LogP contribution in [0.1, 0.15) is 52.9 Å². The molecule has 9 heteroatoms. The number of hydrogen-bond donors (Lipinski definition) is 2. The van der Waals surface area contributed by atoms with E-state index in [-0.39, 0.29) is 49.2 Å². The number of nitrogens with zero attached hydrogens (tertiary/aromatic N) is 1. The first-order chi connectivity index (χ1) is 16.7. The van der Waals surface area contributed by atoms with Crippen LogP contribution in [0.25, 0.3) is 6.08 Å². The lowest BCUT2D eigenvalue weighted by atomic mass is 9.81. The van der Waals surface area contributed by atoms with Crippen LogP contribution in [0.2, 0.25) is 0 Å². The van der Waals surface area contributed by atoms with Crippen molar-refractivity contribution in [3.63, 3.8) is 0 Å². The zero-order chi connectivity index (χ0) is 25.4. The Bertz CT molecular complexity index is 1060. The molecular weight excluding hydrogens is 459 g/mol. The number of rotatable bonds is 8. The van der Waals surface area contributed by atoms with Crippen LogP contribution in [0.15, 0.2) is 42.6 Å². The van der Waals surface area contributed by atoms with Crippen LogP contribution in [-0.2, 0) is 17.8 Å². The number of carbonyl (C=O) groups is 2. The molecule has 3 rings (SSSR count). The van der Waals surface area contributed by atoms with E-state index >= 15 is 0 Å². The highest BCUT2D eigenvalue weighted by Crippen LogP contribution is 2.40. The highest BCUT2D eigenvalue weighted by Gasteiger charge is 2.40. The van der Waals surface area contributed by atoms with Crippen molar-refractivity contribution in [2.75, 3.05) is 14.2 Å². The Morgan fingerprint density at radius 1 is 1.14 bits per heavy atom.